The number of benzene rings is 1. The quantitative estimate of drug-likeness (QED) is 0.312. The smallest absolute Gasteiger partial charge is 0.238 e. The lowest BCUT2D eigenvalue weighted by molar-refractivity contribution is 0.0261. The highest BCUT2D eigenvalue weighted by Gasteiger charge is 2.20. The molecule has 1 aliphatic rings. The number of pyridine rings is 1. The summed E-state index contributed by atoms with van der Waals surface area (Å²) in [6, 6.07) is 9.20. The average molecular weight is 545 g/mol. The summed E-state index contributed by atoms with van der Waals surface area (Å²) in [5, 5.41) is 0.886. The Kier molecular flexibility index (Phi) is 7.03. The molecule has 1 atom stereocenters. The Balaban J connectivity index is 1.57. The Morgan fingerprint density at radius 1 is 1.17 bits per heavy atom. The highest BCUT2D eigenvalue weighted by atomic mass is 35.5. The monoisotopic (exact) mass is 544 g/mol. The van der Waals surface area contributed by atoms with Crippen molar-refractivity contribution < 1.29 is 18.4 Å². The van der Waals surface area contributed by atoms with Crippen molar-refractivity contribution in [3.8, 4) is 22.8 Å². The molecule has 0 amide bonds. The third-order valence-corrected chi connectivity index (χ3v) is 9.31. The van der Waals surface area contributed by atoms with Gasteiger partial charge in [-0.2, -0.15) is 0 Å². The predicted octanol–water partition coefficient (Wildman–Crippen LogP) is 5.38. The minimum absolute atomic E-state index is 0.0483. The maximum atomic E-state index is 13.4. The first-order valence-corrected chi connectivity index (χ1v) is 14.2. The lowest BCUT2D eigenvalue weighted by Gasteiger charge is -2.24. The van der Waals surface area contributed by atoms with Crippen LogP contribution in [0.5, 0.6) is 11.6 Å². The van der Waals surface area contributed by atoms with Crippen molar-refractivity contribution in [3.05, 3.63) is 52.9 Å². The Morgan fingerprint density at radius 3 is 2.69 bits per heavy atom. The first kappa shape index (κ1) is 24.8. The van der Waals surface area contributed by atoms with Gasteiger partial charge in [0.2, 0.25) is 5.88 Å². The van der Waals surface area contributed by atoms with Gasteiger partial charge in [0.25, 0.3) is 0 Å². The summed E-state index contributed by atoms with van der Waals surface area (Å²) in [6.07, 6.45) is 4.94. The normalized spacial score (nSPS) is 16.0. The minimum Gasteiger partial charge on any atom is -0.488 e. The maximum Gasteiger partial charge on any atom is 0.238 e. The lowest BCUT2D eigenvalue weighted by atomic mass is 10.0. The fourth-order valence-corrected chi connectivity index (χ4v) is 6.77. The second kappa shape index (κ2) is 10.2. The van der Waals surface area contributed by atoms with Crippen LogP contribution in [0.2, 0.25) is 4.34 Å². The van der Waals surface area contributed by atoms with Gasteiger partial charge in [-0.15, -0.1) is 11.3 Å². The van der Waals surface area contributed by atoms with E-state index < -0.39 is 9.71 Å². The summed E-state index contributed by atoms with van der Waals surface area (Å²) < 4.78 is 34.8. The van der Waals surface area contributed by atoms with Crippen LogP contribution >= 0.6 is 22.9 Å². The van der Waals surface area contributed by atoms with E-state index in [9.17, 15) is 4.21 Å². The number of aromatic nitrogens is 3. The molecule has 1 fully saturated rings. The molecular formula is C25H25ClN4O4S2. The number of aryl methyl sites for hydroxylation is 1. The van der Waals surface area contributed by atoms with Crippen LogP contribution in [0.3, 0.4) is 0 Å². The second-order valence-electron chi connectivity index (χ2n) is 8.38. The number of rotatable bonds is 7. The van der Waals surface area contributed by atoms with Gasteiger partial charge in [0.05, 0.1) is 34.4 Å². The number of anilines is 1. The Morgan fingerprint density at radius 2 is 1.97 bits per heavy atom. The first-order valence-electron chi connectivity index (χ1n) is 11.3. The maximum absolute atomic E-state index is 13.4. The van der Waals surface area contributed by atoms with E-state index in [1.165, 1.54) is 18.4 Å². The van der Waals surface area contributed by atoms with E-state index in [4.69, 9.17) is 25.8 Å². The molecule has 1 aromatic carbocycles. The predicted molar refractivity (Wildman–Crippen MR) is 145 cm³/mol. The van der Waals surface area contributed by atoms with Crippen LogP contribution in [0, 0.1) is 6.92 Å². The molecule has 5 rings (SSSR count). The molecule has 0 aliphatic carbocycles. The molecule has 0 bridgehead atoms. The van der Waals surface area contributed by atoms with E-state index in [0.29, 0.717) is 39.1 Å². The molecule has 8 nitrogen and oxygen atoms in total. The largest absolute Gasteiger partial charge is 0.488 e. The number of hydrogen-bond acceptors (Lipinski definition) is 8. The van der Waals surface area contributed by atoms with E-state index in [1.54, 1.807) is 24.7 Å². The van der Waals surface area contributed by atoms with Gasteiger partial charge < -0.3 is 18.9 Å². The zero-order chi connectivity index (χ0) is 25.3. The molecular weight excluding hydrogens is 520 g/mol. The van der Waals surface area contributed by atoms with E-state index in [-0.39, 0.29) is 6.10 Å². The van der Waals surface area contributed by atoms with E-state index in [2.05, 4.69) is 25.5 Å². The van der Waals surface area contributed by atoms with Crippen molar-refractivity contribution in [2.75, 3.05) is 25.0 Å². The minimum atomic E-state index is -2.89. The third-order valence-electron chi connectivity index (χ3n) is 5.89. The van der Waals surface area contributed by atoms with Crippen molar-refractivity contribution in [1.82, 2.24) is 15.0 Å². The standard InChI is InChI=1S/C25H25ClN4O4S2/c1-15-19-10-16(12-21(24(19)29-14-28-15)34-18-6-8-33-9-7-18)17-11-20(25(32-2)27-13-17)30-36(3,31)23-5-4-22(26)35-23/h4-5,10-14,18H,3,6-9H2,1-2H3,(H,30,31). The SMILES string of the molecule is C=S(=O)(Nc1cc(-c2cc(OC3CCOCC3)c3ncnc(C)c3c2)cnc1OC)c1ccc(Cl)s1. The molecule has 0 saturated carbocycles. The molecule has 36 heavy (non-hydrogen) atoms. The Hall–Kier alpha value is -2.92. The summed E-state index contributed by atoms with van der Waals surface area (Å²) in [4.78, 5) is 13.3. The fourth-order valence-electron chi connectivity index (χ4n) is 4.04. The van der Waals surface area contributed by atoms with Crippen molar-refractivity contribution >= 4 is 55.1 Å². The molecule has 11 heteroatoms. The number of ether oxygens (including phenoxy) is 3. The third kappa shape index (κ3) is 5.12. The molecule has 1 saturated heterocycles. The van der Waals surface area contributed by atoms with Gasteiger partial charge in [0.15, 0.2) is 0 Å². The van der Waals surface area contributed by atoms with Crippen LogP contribution in [-0.4, -0.2) is 51.5 Å². The van der Waals surface area contributed by atoms with Gasteiger partial charge in [-0.05, 0) is 48.7 Å². The fraction of sp³-hybridized carbons (Fsp3) is 0.280. The number of halogens is 1. The second-order valence-corrected chi connectivity index (χ2v) is 12.3. The van der Waals surface area contributed by atoms with Gasteiger partial charge in [-0.25, -0.2) is 19.2 Å². The van der Waals surface area contributed by atoms with Crippen LogP contribution in [0.4, 0.5) is 5.69 Å². The first-order chi connectivity index (χ1) is 17.3. The molecule has 3 aromatic heterocycles. The lowest BCUT2D eigenvalue weighted by Crippen LogP contribution is -2.26. The van der Waals surface area contributed by atoms with Gasteiger partial charge in [-0.3, -0.25) is 0 Å². The number of fused-ring (bicyclic) bond motifs is 1. The van der Waals surface area contributed by atoms with Gasteiger partial charge in [0.1, 0.15) is 33.6 Å². The summed E-state index contributed by atoms with van der Waals surface area (Å²) in [5.74, 6) is 4.88. The molecule has 4 heterocycles. The Bertz CT molecular complexity index is 1520. The molecule has 0 radical (unpaired) electrons. The number of nitrogens with zero attached hydrogens (tertiary/aromatic N) is 3. The van der Waals surface area contributed by atoms with Crippen molar-refractivity contribution in [1.29, 1.82) is 0 Å². The number of methoxy groups -OCH3 is 1. The average Bonchev–Trinajstić information content (AvgIpc) is 3.32. The van der Waals surface area contributed by atoms with Gasteiger partial charge in [-0.1, -0.05) is 11.6 Å². The van der Waals surface area contributed by atoms with Crippen LogP contribution < -0.4 is 14.2 Å². The summed E-state index contributed by atoms with van der Waals surface area (Å²) >= 11 is 7.26. The highest BCUT2D eigenvalue weighted by Crippen LogP contribution is 2.37. The molecule has 4 aromatic rings. The molecule has 0 spiro atoms. The molecule has 188 valence electrons. The van der Waals surface area contributed by atoms with Crippen LogP contribution in [-0.2, 0) is 14.4 Å². The Labute approximate surface area is 218 Å². The topological polar surface area (TPSA) is 95.5 Å². The molecule has 1 N–H and O–H groups in total. The van der Waals surface area contributed by atoms with Gasteiger partial charge in [0, 0.05) is 35.7 Å². The van der Waals surface area contributed by atoms with Crippen LogP contribution in [0.1, 0.15) is 18.5 Å². The highest BCUT2D eigenvalue weighted by molar-refractivity contribution is 8.03. The van der Waals surface area contributed by atoms with Crippen molar-refractivity contribution in [2.24, 2.45) is 0 Å². The molecule has 1 unspecified atom stereocenters. The van der Waals surface area contributed by atoms with Crippen molar-refractivity contribution in [3.63, 3.8) is 0 Å². The zero-order valence-electron chi connectivity index (χ0n) is 19.8. The van der Waals surface area contributed by atoms with E-state index >= 15 is 0 Å². The number of hydrogen-bond donors (Lipinski definition) is 1. The van der Waals surface area contributed by atoms with E-state index in [1.807, 2.05) is 25.1 Å². The zero-order valence-corrected chi connectivity index (χ0v) is 22.2. The van der Waals surface area contributed by atoms with Crippen LogP contribution in [0.25, 0.3) is 22.0 Å². The number of nitrogens with one attached hydrogen (secondary N) is 1. The van der Waals surface area contributed by atoms with E-state index in [0.717, 1.165) is 40.6 Å². The summed E-state index contributed by atoms with van der Waals surface area (Å²) in [6.45, 7) is 3.29. The molecule has 1 aliphatic heterocycles. The van der Waals surface area contributed by atoms with Crippen molar-refractivity contribution in [2.45, 2.75) is 30.1 Å². The summed E-state index contributed by atoms with van der Waals surface area (Å²) in [5.41, 5.74) is 3.68. The summed E-state index contributed by atoms with van der Waals surface area (Å²) in [7, 11) is -1.37. The van der Waals surface area contributed by atoms with Crippen LogP contribution in [0.15, 0.2) is 47.1 Å². The van der Waals surface area contributed by atoms with Gasteiger partial charge >= 0.3 is 0 Å². The number of thiophene rings is 1.